The van der Waals surface area contributed by atoms with Crippen molar-refractivity contribution in [1.29, 1.82) is 0 Å². The highest BCUT2D eigenvalue weighted by Crippen LogP contribution is 2.37. The van der Waals surface area contributed by atoms with Gasteiger partial charge < -0.3 is 10.1 Å². The molecule has 0 aromatic carbocycles. The number of carbonyl (C=O) groups is 1. The Kier molecular flexibility index (Phi) is 4.38. The van der Waals surface area contributed by atoms with Gasteiger partial charge in [0.25, 0.3) is 15.9 Å². The molecule has 0 saturated carbocycles. The molecule has 25 heavy (non-hydrogen) atoms. The van der Waals surface area contributed by atoms with Crippen molar-refractivity contribution in [1.82, 2.24) is 10.3 Å². The van der Waals surface area contributed by atoms with Crippen LogP contribution in [0, 0.1) is 0 Å². The average Bonchev–Trinajstić information content (AvgIpc) is 2.93. The highest BCUT2D eigenvalue weighted by molar-refractivity contribution is 7.96. The minimum atomic E-state index is -3.82. The van der Waals surface area contributed by atoms with E-state index in [1.165, 1.54) is 16.6 Å². The molecular weight excluding hydrogens is 342 g/mol. The number of sulfonamides is 1. The van der Waals surface area contributed by atoms with Gasteiger partial charge in [0.15, 0.2) is 0 Å². The number of hydrogen-bond acceptors (Lipinski definition) is 5. The zero-order chi connectivity index (χ0) is 18.2. The highest BCUT2D eigenvalue weighted by atomic mass is 32.2. The summed E-state index contributed by atoms with van der Waals surface area (Å²) in [7, 11) is -3.82. The molecule has 0 fully saturated rings. The molecule has 1 aliphatic heterocycles. The Morgan fingerprint density at radius 1 is 1.44 bits per heavy atom. The molecule has 132 valence electrons. The number of nitrogens with zero attached hydrogens (tertiary/aromatic N) is 2. The third-order valence-electron chi connectivity index (χ3n) is 3.88. The smallest absolute Gasteiger partial charge is 0.265 e. The number of hydrogen-bond donors (Lipinski definition) is 1. The molecule has 0 radical (unpaired) electrons. The van der Waals surface area contributed by atoms with Crippen molar-refractivity contribution < 1.29 is 17.9 Å². The number of ether oxygens (including phenoxy) is 1. The van der Waals surface area contributed by atoms with E-state index >= 15 is 0 Å². The first-order chi connectivity index (χ1) is 11.8. The van der Waals surface area contributed by atoms with Crippen LogP contribution in [0.15, 0.2) is 47.0 Å². The summed E-state index contributed by atoms with van der Waals surface area (Å²) >= 11 is 0. The second kappa shape index (κ2) is 6.36. The Morgan fingerprint density at radius 3 is 2.84 bits per heavy atom. The number of allylic oxidation sites excluding steroid dienone is 4. The first-order valence-electron chi connectivity index (χ1n) is 7.87. The zero-order valence-electron chi connectivity index (χ0n) is 14.1. The van der Waals surface area contributed by atoms with Gasteiger partial charge in [-0.2, -0.15) is 0 Å². The maximum absolute atomic E-state index is 13.1. The van der Waals surface area contributed by atoms with Crippen molar-refractivity contribution >= 4 is 21.6 Å². The molecule has 1 N–H and O–H groups in total. The lowest BCUT2D eigenvalue weighted by Gasteiger charge is -2.30. The Labute approximate surface area is 146 Å². The first-order valence-corrected chi connectivity index (χ1v) is 9.31. The summed E-state index contributed by atoms with van der Waals surface area (Å²) < 4.78 is 32.9. The van der Waals surface area contributed by atoms with Crippen LogP contribution >= 0.6 is 0 Å². The molecule has 0 spiro atoms. The summed E-state index contributed by atoms with van der Waals surface area (Å²) in [5, 5.41) is 2.67. The van der Waals surface area contributed by atoms with E-state index in [9.17, 15) is 13.2 Å². The van der Waals surface area contributed by atoms with Crippen molar-refractivity contribution in [3.8, 4) is 5.88 Å². The van der Waals surface area contributed by atoms with Crippen molar-refractivity contribution in [2.75, 3.05) is 24.0 Å². The third kappa shape index (κ3) is 3.05. The van der Waals surface area contributed by atoms with Gasteiger partial charge in [-0.15, -0.1) is 0 Å². The number of pyridine rings is 1. The Morgan fingerprint density at radius 2 is 2.20 bits per heavy atom. The van der Waals surface area contributed by atoms with Gasteiger partial charge in [-0.3, -0.25) is 9.10 Å². The van der Waals surface area contributed by atoms with Gasteiger partial charge in [0, 0.05) is 12.7 Å². The van der Waals surface area contributed by atoms with Gasteiger partial charge >= 0.3 is 0 Å². The maximum Gasteiger partial charge on any atom is 0.265 e. The van der Waals surface area contributed by atoms with Gasteiger partial charge in [0.2, 0.25) is 5.88 Å². The SMILES string of the molecule is C=C1C=C(C)C=C1S(=O)(=O)N1CCOc2ncc(C(=O)NCC)cc21. The van der Waals surface area contributed by atoms with Crippen LogP contribution in [0.3, 0.4) is 0 Å². The van der Waals surface area contributed by atoms with E-state index in [1.54, 1.807) is 19.1 Å². The molecule has 1 aromatic heterocycles. The zero-order valence-corrected chi connectivity index (χ0v) is 14.9. The largest absolute Gasteiger partial charge is 0.474 e. The van der Waals surface area contributed by atoms with Gasteiger partial charge in [-0.1, -0.05) is 12.7 Å². The second-order valence-corrected chi connectivity index (χ2v) is 7.59. The Balaban J connectivity index is 2.04. The van der Waals surface area contributed by atoms with Crippen molar-refractivity contribution in [3.05, 3.63) is 52.6 Å². The average molecular weight is 361 g/mol. The Hall–Kier alpha value is -2.61. The van der Waals surface area contributed by atoms with E-state index in [0.29, 0.717) is 12.1 Å². The third-order valence-corrected chi connectivity index (χ3v) is 5.77. The van der Waals surface area contributed by atoms with Gasteiger partial charge in [-0.25, -0.2) is 13.4 Å². The first kappa shape index (κ1) is 17.2. The van der Waals surface area contributed by atoms with Crippen LogP contribution in [-0.2, 0) is 10.0 Å². The van der Waals surface area contributed by atoms with E-state index in [-0.39, 0.29) is 41.1 Å². The number of nitrogens with one attached hydrogen (secondary N) is 1. The van der Waals surface area contributed by atoms with Crippen LogP contribution in [0.1, 0.15) is 24.2 Å². The number of amides is 1. The van der Waals surface area contributed by atoms with Crippen molar-refractivity contribution in [3.63, 3.8) is 0 Å². The monoisotopic (exact) mass is 361 g/mol. The molecule has 3 rings (SSSR count). The molecule has 0 saturated heterocycles. The standard InChI is InChI=1S/C17H19N3O4S/c1-4-18-16(21)13-9-14-17(19-10-13)24-6-5-20(14)25(22,23)15-8-11(2)7-12(15)3/h7-10H,3-6H2,1-2H3,(H,18,21). The van der Waals surface area contributed by atoms with Crippen molar-refractivity contribution in [2.24, 2.45) is 0 Å². The summed E-state index contributed by atoms with van der Waals surface area (Å²) in [6.07, 6.45) is 4.69. The lowest BCUT2D eigenvalue weighted by molar-refractivity contribution is 0.0955. The second-order valence-electron chi connectivity index (χ2n) is 5.76. The molecule has 2 aliphatic rings. The number of anilines is 1. The fourth-order valence-corrected chi connectivity index (χ4v) is 4.43. The molecule has 1 amide bonds. The predicted octanol–water partition coefficient (Wildman–Crippen LogP) is 1.76. The van der Waals surface area contributed by atoms with Crippen LogP contribution in [0.4, 0.5) is 5.69 Å². The summed E-state index contributed by atoms with van der Waals surface area (Å²) in [6, 6.07) is 1.49. The number of fused-ring (bicyclic) bond motifs is 1. The van der Waals surface area contributed by atoms with Crippen LogP contribution in [0.2, 0.25) is 0 Å². The molecule has 2 heterocycles. The van der Waals surface area contributed by atoms with Crippen LogP contribution in [0.5, 0.6) is 5.88 Å². The summed E-state index contributed by atoms with van der Waals surface area (Å²) in [6.45, 7) is 8.22. The minimum absolute atomic E-state index is 0.138. The molecule has 0 atom stereocenters. The van der Waals surface area contributed by atoms with E-state index in [4.69, 9.17) is 4.74 Å². The molecule has 7 nitrogen and oxygen atoms in total. The Bertz CT molecular complexity index is 916. The van der Waals surface area contributed by atoms with E-state index in [2.05, 4.69) is 16.9 Å². The van der Waals surface area contributed by atoms with Gasteiger partial charge in [-0.05, 0) is 37.1 Å². The minimum Gasteiger partial charge on any atom is -0.474 e. The predicted molar refractivity (Wildman–Crippen MR) is 95.0 cm³/mol. The van der Waals surface area contributed by atoms with E-state index < -0.39 is 10.0 Å². The lowest BCUT2D eigenvalue weighted by atomic mass is 10.2. The molecule has 8 heteroatoms. The molecule has 0 unspecified atom stereocenters. The molecule has 0 bridgehead atoms. The highest BCUT2D eigenvalue weighted by Gasteiger charge is 2.34. The van der Waals surface area contributed by atoms with E-state index in [0.717, 1.165) is 5.57 Å². The molecule has 1 aliphatic carbocycles. The fraction of sp³-hybridized carbons (Fsp3) is 0.294. The summed E-state index contributed by atoms with van der Waals surface area (Å²) in [5.74, 6) is -0.125. The lowest BCUT2D eigenvalue weighted by Crippen LogP contribution is -2.39. The normalized spacial score (nSPS) is 16.7. The summed E-state index contributed by atoms with van der Waals surface area (Å²) in [4.78, 5) is 16.3. The summed E-state index contributed by atoms with van der Waals surface area (Å²) in [5.41, 5.74) is 1.80. The van der Waals surface area contributed by atoms with Crippen LogP contribution < -0.4 is 14.4 Å². The number of carbonyl (C=O) groups excluding carboxylic acids is 1. The maximum atomic E-state index is 13.1. The number of rotatable bonds is 4. The van der Waals surface area contributed by atoms with Gasteiger partial charge in [0.1, 0.15) is 12.3 Å². The number of aromatic nitrogens is 1. The topological polar surface area (TPSA) is 88.6 Å². The van der Waals surface area contributed by atoms with Crippen LogP contribution in [-0.4, -0.2) is 39.0 Å². The molecule has 1 aromatic rings. The molecular formula is C17H19N3O4S. The van der Waals surface area contributed by atoms with E-state index in [1.807, 2.05) is 6.92 Å². The van der Waals surface area contributed by atoms with Crippen LogP contribution in [0.25, 0.3) is 0 Å². The van der Waals surface area contributed by atoms with Gasteiger partial charge in [0.05, 0.1) is 17.0 Å². The quantitative estimate of drug-likeness (QED) is 0.883. The fourth-order valence-electron chi connectivity index (χ4n) is 2.76. The van der Waals surface area contributed by atoms with Crippen molar-refractivity contribution in [2.45, 2.75) is 13.8 Å².